The molecule has 2 N–H and O–H groups in total. The summed E-state index contributed by atoms with van der Waals surface area (Å²) >= 11 is 0. The third-order valence-corrected chi connectivity index (χ3v) is 2.96. The SMILES string of the molecule is CCC(C)(C(N)=O)[SH](=O)=O. The highest BCUT2D eigenvalue weighted by molar-refractivity contribution is 7.75. The van der Waals surface area contributed by atoms with Crippen molar-refractivity contribution in [2.75, 3.05) is 0 Å². The molecule has 0 aromatic carbocycles. The summed E-state index contributed by atoms with van der Waals surface area (Å²) in [5.41, 5.74) is 4.86. The Hall–Kier alpha value is -0.580. The molecule has 0 fully saturated rings. The van der Waals surface area contributed by atoms with Crippen LogP contribution in [0.5, 0.6) is 0 Å². The molecule has 0 aliphatic carbocycles. The van der Waals surface area contributed by atoms with Crippen LogP contribution < -0.4 is 5.73 Å². The van der Waals surface area contributed by atoms with Gasteiger partial charge in [-0.2, -0.15) is 0 Å². The lowest BCUT2D eigenvalue weighted by Gasteiger charge is -2.14. The molecule has 0 aromatic rings. The molecule has 4 nitrogen and oxygen atoms in total. The fourth-order valence-electron chi connectivity index (χ4n) is 0.393. The van der Waals surface area contributed by atoms with E-state index in [0.717, 1.165) is 0 Å². The number of amides is 1. The van der Waals surface area contributed by atoms with Crippen molar-refractivity contribution in [3.63, 3.8) is 0 Å². The molecule has 0 bridgehead atoms. The number of carbonyl (C=O) groups excluding carboxylic acids is 1. The van der Waals surface area contributed by atoms with E-state index >= 15 is 0 Å². The molecule has 60 valence electrons. The predicted molar refractivity (Wildman–Crippen MR) is 38.2 cm³/mol. The minimum Gasteiger partial charge on any atom is -0.368 e. The molecular weight excluding hydrogens is 154 g/mol. The fraction of sp³-hybridized carbons (Fsp3) is 0.800. The molecule has 0 saturated heterocycles. The Morgan fingerprint density at radius 2 is 2.00 bits per heavy atom. The van der Waals surface area contributed by atoms with E-state index in [0.29, 0.717) is 0 Å². The number of hydrogen-bond donors (Lipinski definition) is 2. The maximum atomic E-state index is 10.5. The molecule has 0 aromatic heterocycles. The predicted octanol–water partition coefficient (Wildman–Crippen LogP) is -0.748. The van der Waals surface area contributed by atoms with Crippen molar-refractivity contribution < 1.29 is 13.2 Å². The van der Waals surface area contributed by atoms with Crippen molar-refractivity contribution in [2.45, 2.75) is 25.0 Å². The van der Waals surface area contributed by atoms with Crippen LogP contribution in [0.4, 0.5) is 0 Å². The largest absolute Gasteiger partial charge is 0.368 e. The summed E-state index contributed by atoms with van der Waals surface area (Å²) in [7, 11) is -2.76. The summed E-state index contributed by atoms with van der Waals surface area (Å²) in [5.74, 6) is -0.786. The van der Waals surface area contributed by atoms with Gasteiger partial charge in [0.25, 0.3) is 0 Å². The second-order valence-electron chi connectivity index (χ2n) is 2.25. The Balaban J connectivity index is 4.73. The Morgan fingerprint density at radius 1 is 1.60 bits per heavy atom. The highest BCUT2D eigenvalue weighted by atomic mass is 32.2. The second-order valence-corrected chi connectivity index (χ2v) is 3.75. The minimum atomic E-state index is -2.76. The molecule has 0 rings (SSSR count). The number of rotatable bonds is 3. The summed E-state index contributed by atoms with van der Waals surface area (Å²) in [6.07, 6.45) is 0.223. The van der Waals surface area contributed by atoms with E-state index in [1.54, 1.807) is 6.92 Å². The Labute approximate surface area is 61.4 Å². The molecule has 10 heavy (non-hydrogen) atoms. The number of primary amides is 1. The van der Waals surface area contributed by atoms with Crippen LogP contribution in [0.15, 0.2) is 0 Å². The third kappa shape index (κ3) is 1.47. The van der Waals surface area contributed by atoms with Gasteiger partial charge in [-0.05, 0) is 13.3 Å². The standard InChI is InChI=1S/C5H11NO3S/c1-3-5(2,4(6)7)10(8)9/h10H,3H2,1-2H3,(H2,6,7). The van der Waals surface area contributed by atoms with Crippen molar-refractivity contribution >= 4 is 16.6 Å². The number of nitrogens with two attached hydrogens (primary N) is 1. The molecule has 1 unspecified atom stereocenters. The zero-order chi connectivity index (χ0) is 8.36. The van der Waals surface area contributed by atoms with E-state index in [9.17, 15) is 13.2 Å². The van der Waals surface area contributed by atoms with E-state index in [1.807, 2.05) is 0 Å². The van der Waals surface area contributed by atoms with Crippen LogP contribution in [0, 0.1) is 0 Å². The van der Waals surface area contributed by atoms with Gasteiger partial charge in [-0.25, -0.2) is 8.42 Å². The fourth-order valence-corrected chi connectivity index (χ4v) is 0.831. The van der Waals surface area contributed by atoms with Crippen molar-refractivity contribution in [3.8, 4) is 0 Å². The van der Waals surface area contributed by atoms with Crippen LogP contribution in [-0.2, 0) is 15.5 Å². The van der Waals surface area contributed by atoms with Crippen molar-refractivity contribution in [1.29, 1.82) is 0 Å². The zero-order valence-electron chi connectivity index (χ0n) is 5.96. The first-order chi connectivity index (χ1) is 4.45. The van der Waals surface area contributed by atoms with E-state index in [2.05, 4.69) is 0 Å². The van der Waals surface area contributed by atoms with Crippen LogP contribution in [0.2, 0.25) is 0 Å². The van der Waals surface area contributed by atoms with Crippen molar-refractivity contribution in [3.05, 3.63) is 0 Å². The maximum Gasteiger partial charge on any atom is 0.238 e. The van der Waals surface area contributed by atoms with Gasteiger partial charge >= 0.3 is 0 Å². The number of hydrogen-bond acceptors (Lipinski definition) is 3. The van der Waals surface area contributed by atoms with Crippen LogP contribution in [0.1, 0.15) is 20.3 Å². The van der Waals surface area contributed by atoms with Gasteiger partial charge in [-0.1, -0.05) is 6.92 Å². The monoisotopic (exact) mass is 165 g/mol. The molecule has 1 atom stereocenters. The lowest BCUT2D eigenvalue weighted by molar-refractivity contribution is -0.120. The van der Waals surface area contributed by atoms with Gasteiger partial charge in [0.15, 0.2) is 10.7 Å². The Kier molecular flexibility index (Phi) is 2.83. The van der Waals surface area contributed by atoms with E-state index < -0.39 is 21.4 Å². The molecular formula is C5H11NO3S. The topological polar surface area (TPSA) is 77.2 Å². The number of thiol groups is 1. The van der Waals surface area contributed by atoms with Gasteiger partial charge < -0.3 is 5.73 Å². The molecule has 0 spiro atoms. The van der Waals surface area contributed by atoms with Crippen LogP contribution in [-0.4, -0.2) is 19.1 Å². The Bertz CT molecular complexity index is 203. The van der Waals surface area contributed by atoms with Gasteiger partial charge in [0, 0.05) is 0 Å². The highest BCUT2D eigenvalue weighted by Gasteiger charge is 2.32. The summed E-state index contributed by atoms with van der Waals surface area (Å²) in [6, 6.07) is 0. The first kappa shape index (κ1) is 9.42. The molecule has 0 aliphatic rings. The van der Waals surface area contributed by atoms with E-state index in [4.69, 9.17) is 5.73 Å². The maximum absolute atomic E-state index is 10.5. The van der Waals surface area contributed by atoms with Crippen LogP contribution >= 0.6 is 0 Å². The van der Waals surface area contributed by atoms with Crippen molar-refractivity contribution in [1.82, 2.24) is 0 Å². The summed E-state index contributed by atoms with van der Waals surface area (Å²) in [6.45, 7) is 2.93. The lowest BCUT2D eigenvalue weighted by Crippen LogP contribution is -2.41. The highest BCUT2D eigenvalue weighted by Crippen LogP contribution is 2.12. The van der Waals surface area contributed by atoms with Crippen molar-refractivity contribution in [2.24, 2.45) is 5.73 Å². The molecule has 0 heterocycles. The summed E-state index contributed by atoms with van der Waals surface area (Å²) < 4.78 is 19.5. The Morgan fingerprint density at radius 3 is 2.00 bits per heavy atom. The van der Waals surface area contributed by atoms with Crippen LogP contribution in [0.3, 0.4) is 0 Å². The summed E-state index contributed by atoms with van der Waals surface area (Å²) in [4.78, 5) is 10.5. The normalized spacial score (nSPS) is 16.7. The molecule has 0 radical (unpaired) electrons. The zero-order valence-corrected chi connectivity index (χ0v) is 6.85. The van der Waals surface area contributed by atoms with Gasteiger partial charge in [-0.3, -0.25) is 4.79 Å². The van der Waals surface area contributed by atoms with E-state index in [1.165, 1.54) is 6.92 Å². The first-order valence-electron chi connectivity index (χ1n) is 2.89. The minimum absolute atomic E-state index is 0.223. The summed E-state index contributed by atoms with van der Waals surface area (Å²) in [5, 5.41) is 0. The number of carbonyl (C=O) groups is 1. The van der Waals surface area contributed by atoms with Crippen LogP contribution in [0.25, 0.3) is 0 Å². The average molecular weight is 165 g/mol. The lowest BCUT2D eigenvalue weighted by atomic mass is 10.1. The molecule has 0 saturated carbocycles. The van der Waals surface area contributed by atoms with E-state index in [-0.39, 0.29) is 6.42 Å². The smallest absolute Gasteiger partial charge is 0.238 e. The van der Waals surface area contributed by atoms with Gasteiger partial charge in [0.05, 0.1) is 0 Å². The second kappa shape index (κ2) is 3.01. The third-order valence-electron chi connectivity index (χ3n) is 1.62. The van der Waals surface area contributed by atoms with Gasteiger partial charge in [0.2, 0.25) is 5.91 Å². The molecule has 1 amide bonds. The average Bonchev–Trinajstić information content (AvgIpc) is 1.85. The van der Waals surface area contributed by atoms with Gasteiger partial charge in [-0.15, -0.1) is 0 Å². The quantitative estimate of drug-likeness (QED) is 0.540. The van der Waals surface area contributed by atoms with Gasteiger partial charge in [0.1, 0.15) is 4.75 Å². The molecule has 0 aliphatic heterocycles. The molecule has 5 heteroatoms. The first-order valence-corrected chi connectivity index (χ1v) is 4.07.